The highest BCUT2D eigenvalue weighted by molar-refractivity contribution is 5.65. The molecule has 146 valence electrons. The Morgan fingerprint density at radius 1 is 1.27 bits per heavy atom. The van der Waals surface area contributed by atoms with E-state index in [1.54, 1.807) is 0 Å². The maximum absolute atomic E-state index is 12.1. The van der Waals surface area contributed by atoms with Crippen LogP contribution in [0.4, 0.5) is 18.0 Å². The molecule has 0 spiro atoms. The zero-order chi connectivity index (χ0) is 19.2. The summed E-state index contributed by atoms with van der Waals surface area (Å²) in [5.74, 6) is 0. The number of alkyl halides is 3. The second-order valence-electron chi connectivity index (χ2n) is 6.36. The third-order valence-electron chi connectivity index (χ3n) is 4.17. The summed E-state index contributed by atoms with van der Waals surface area (Å²) >= 11 is 0. The van der Waals surface area contributed by atoms with E-state index in [2.05, 4.69) is 4.74 Å². The summed E-state index contributed by atoms with van der Waals surface area (Å²) in [4.78, 5) is 14.7. The Balaban J connectivity index is 1.88. The molecule has 1 aromatic carbocycles. The van der Waals surface area contributed by atoms with E-state index in [1.165, 1.54) is 4.90 Å². The highest BCUT2D eigenvalue weighted by atomic mass is 19.4. The first kappa shape index (κ1) is 20.5. The quantitative estimate of drug-likeness (QED) is 0.760. The van der Waals surface area contributed by atoms with Crippen LogP contribution in [0.15, 0.2) is 30.3 Å². The third kappa shape index (κ3) is 6.81. The number of carboxylic acid groups (broad SMARTS) is 1. The van der Waals surface area contributed by atoms with E-state index < -0.39 is 31.6 Å². The van der Waals surface area contributed by atoms with Gasteiger partial charge in [0.1, 0.15) is 6.61 Å². The molecule has 1 aromatic rings. The van der Waals surface area contributed by atoms with Crippen LogP contribution in [0.25, 0.3) is 0 Å². The van der Waals surface area contributed by atoms with Gasteiger partial charge in [-0.2, -0.15) is 13.2 Å². The van der Waals surface area contributed by atoms with Crippen molar-refractivity contribution in [2.75, 3.05) is 39.4 Å². The molecular weight excluding hydrogens is 353 g/mol. The highest BCUT2D eigenvalue weighted by Crippen LogP contribution is 2.17. The number of nitrogens with zero attached hydrogens (tertiary/aromatic N) is 2. The zero-order valence-corrected chi connectivity index (χ0v) is 14.2. The van der Waals surface area contributed by atoms with Crippen molar-refractivity contribution in [3.8, 4) is 0 Å². The van der Waals surface area contributed by atoms with Crippen molar-refractivity contribution in [2.45, 2.75) is 24.7 Å². The summed E-state index contributed by atoms with van der Waals surface area (Å²) in [7, 11) is 0. The van der Waals surface area contributed by atoms with E-state index in [4.69, 9.17) is 0 Å². The number of ether oxygens (including phenoxy) is 1. The first-order valence-electron chi connectivity index (χ1n) is 8.33. The predicted molar refractivity (Wildman–Crippen MR) is 88.0 cm³/mol. The van der Waals surface area contributed by atoms with Crippen molar-refractivity contribution >= 4 is 6.09 Å². The number of hydrogen-bond donors (Lipinski definition) is 2. The Bertz CT molecular complexity index is 571. The van der Waals surface area contributed by atoms with Crippen LogP contribution >= 0.6 is 0 Å². The summed E-state index contributed by atoms with van der Waals surface area (Å²) in [5.41, 5.74) is 1.000. The van der Waals surface area contributed by atoms with Gasteiger partial charge < -0.3 is 19.8 Å². The number of halogens is 3. The van der Waals surface area contributed by atoms with Crippen LogP contribution in [0.1, 0.15) is 5.56 Å². The van der Waals surface area contributed by atoms with Crippen molar-refractivity contribution in [2.24, 2.45) is 0 Å². The Kier molecular flexibility index (Phi) is 7.24. The molecule has 2 atom stereocenters. The van der Waals surface area contributed by atoms with Gasteiger partial charge in [-0.1, -0.05) is 30.3 Å². The van der Waals surface area contributed by atoms with Crippen LogP contribution in [0, 0.1) is 0 Å². The third-order valence-corrected chi connectivity index (χ3v) is 4.17. The van der Waals surface area contributed by atoms with E-state index in [-0.39, 0.29) is 19.1 Å². The minimum absolute atomic E-state index is 0.136. The normalized spacial score (nSPS) is 20.2. The SMILES string of the molecule is O=C(O)N1CCN(C[C@@H](O)COCC(F)(F)F)CC1Cc1ccccc1. The zero-order valence-electron chi connectivity index (χ0n) is 14.2. The molecule has 6 nitrogen and oxygen atoms in total. The average Bonchev–Trinajstić information content (AvgIpc) is 2.54. The van der Waals surface area contributed by atoms with E-state index in [9.17, 15) is 28.2 Å². The minimum Gasteiger partial charge on any atom is -0.465 e. The van der Waals surface area contributed by atoms with Gasteiger partial charge in [0.15, 0.2) is 0 Å². The molecule has 1 aliphatic heterocycles. The van der Waals surface area contributed by atoms with Gasteiger partial charge in [0, 0.05) is 26.2 Å². The van der Waals surface area contributed by atoms with Crippen LogP contribution in [0.2, 0.25) is 0 Å². The Hall–Kier alpha value is -1.84. The van der Waals surface area contributed by atoms with E-state index in [1.807, 2.05) is 35.2 Å². The fourth-order valence-electron chi connectivity index (χ4n) is 3.06. The number of β-amino-alcohol motifs (C(OH)–C–C–N with tert-alkyl or cyclic N) is 1. The molecule has 0 bridgehead atoms. The van der Waals surface area contributed by atoms with Crippen molar-refractivity contribution in [1.82, 2.24) is 9.80 Å². The number of piperazine rings is 1. The lowest BCUT2D eigenvalue weighted by Gasteiger charge is -2.40. The van der Waals surface area contributed by atoms with Gasteiger partial charge >= 0.3 is 12.3 Å². The lowest BCUT2D eigenvalue weighted by Crippen LogP contribution is -2.57. The average molecular weight is 376 g/mol. The van der Waals surface area contributed by atoms with Crippen molar-refractivity contribution in [3.63, 3.8) is 0 Å². The van der Waals surface area contributed by atoms with Gasteiger partial charge in [0.2, 0.25) is 0 Å². The fourth-order valence-corrected chi connectivity index (χ4v) is 3.06. The molecule has 26 heavy (non-hydrogen) atoms. The topological polar surface area (TPSA) is 73.2 Å². The largest absolute Gasteiger partial charge is 0.465 e. The number of amides is 1. The molecule has 2 N–H and O–H groups in total. The van der Waals surface area contributed by atoms with Crippen molar-refractivity contribution < 1.29 is 32.9 Å². The van der Waals surface area contributed by atoms with Crippen LogP contribution in [0.3, 0.4) is 0 Å². The molecule has 1 saturated heterocycles. The van der Waals surface area contributed by atoms with Crippen molar-refractivity contribution in [3.05, 3.63) is 35.9 Å². The first-order chi connectivity index (χ1) is 12.2. The van der Waals surface area contributed by atoms with E-state index in [0.717, 1.165) is 5.56 Å². The molecule has 0 radical (unpaired) electrons. The predicted octanol–water partition coefficient (Wildman–Crippen LogP) is 1.83. The van der Waals surface area contributed by atoms with E-state index >= 15 is 0 Å². The molecule has 9 heteroatoms. The van der Waals surface area contributed by atoms with Crippen LogP contribution in [-0.2, 0) is 11.2 Å². The number of benzene rings is 1. The lowest BCUT2D eigenvalue weighted by atomic mass is 10.0. The molecule has 2 rings (SSSR count). The maximum atomic E-state index is 12.1. The van der Waals surface area contributed by atoms with Crippen LogP contribution in [-0.4, -0.2) is 83.8 Å². The number of aliphatic hydroxyl groups excluding tert-OH is 1. The van der Waals surface area contributed by atoms with Gasteiger partial charge in [0.05, 0.1) is 18.8 Å². The number of rotatable bonds is 7. The molecule has 1 aliphatic rings. The molecule has 0 aliphatic carbocycles. The Morgan fingerprint density at radius 2 is 1.96 bits per heavy atom. The lowest BCUT2D eigenvalue weighted by molar-refractivity contribution is -0.179. The fraction of sp³-hybridized carbons (Fsp3) is 0.588. The maximum Gasteiger partial charge on any atom is 0.411 e. The molecule has 1 fully saturated rings. The second-order valence-corrected chi connectivity index (χ2v) is 6.36. The number of aliphatic hydroxyl groups is 1. The smallest absolute Gasteiger partial charge is 0.411 e. The molecule has 1 unspecified atom stereocenters. The highest BCUT2D eigenvalue weighted by Gasteiger charge is 2.32. The Morgan fingerprint density at radius 3 is 2.58 bits per heavy atom. The standard InChI is InChI=1S/C17H23F3N2O4/c18-17(19,20)12-26-11-15(23)10-21-6-7-22(16(24)25)14(9-21)8-13-4-2-1-3-5-13/h1-5,14-15,23H,6-12H2,(H,24,25)/t14?,15-/m1/s1. The van der Waals surface area contributed by atoms with Gasteiger partial charge in [-0.15, -0.1) is 0 Å². The Labute approximate surface area is 149 Å². The van der Waals surface area contributed by atoms with Gasteiger partial charge in [-0.05, 0) is 12.0 Å². The molecular formula is C17H23F3N2O4. The second kappa shape index (κ2) is 9.20. The van der Waals surface area contributed by atoms with Crippen LogP contribution in [0.5, 0.6) is 0 Å². The van der Waals surface area contributed by atoms with Crippen molar-refractivity contribution in [1.29, 1.82) is 0 Å². The molecule has 1 heterocycles. The monoisotopic (exact) mass is 376 g/mol. The molecule has 0 aromatic heterocycles. The summed E-state index contributed by atoms with van der Waals surface area (Å²) in [6, 6.07) is 9.18. The summed E-state index contributed by atoms with van der Waals surface area (Å²) in [6.07, 6.45) is -5.96. The summed E-state index contributed by atoms with van der Waals surface area (Å²) < 4.78 is 40.7. The minimum atomic E-state index is -4.42. The number of carbonyl (C=O) groups is 1. The number of hydrogen-bond acceptors (Lipinski definition) is 4. The molecule has 0 saturated carbocycles. The van der Waals surface area contributed by atoms with Gasteiger partial charge in [-0.3, -0.25) is 4.90 Å². The van der Waals surface area contributed by atoms with Gasteiger partial charge in [0.25, 0.3) is 0 Å². The van der Waals surface area contributed by atoms with Gasteiger partial charge in [-0.25, -0.2) is 4.79 Å². The summed E-state index contributed by atoms with van der Waals surface area (Å²) in [6.45, 7) is -0.583. The van der Waals surface area contributed by atoms with Crippen LogP contribution < -0.4 is 0 Å². The first-order valence-corrected chi connectivity index (χ1v) is 8.33. The molecule has 1 amide bonds. The summed E-state index contributed by atoms with van der Waals surface area (Å²) in [5, 5.41) is 19.3. The van der Waals surface area contributed by atoms with E-state index in [0.29, 0.717) is 19.5 Å².